The molecule has 2 aliphatic rings. The van der Waals surface area contributed by atoms with Crippen molar-refractivity contribution in [1.82, 2.24) is 14.9 Å². The van der Waals surface area contributed by atoms with Crippen LogP contribution in [0.25, 0.3) is 11.3 Å². The fraction of sp³-hybridized carbons (Fsp3) is 0.485. The predicted octanol–water partition coefficient (Wildman–Crippen LogP) is 5.57. The van der Waals surface area contributed by atoms with Crippen LogP contribution >= 0.6 is 0 Å². The molecule has 8 nitrogen and oxygen atoms in total. The Hall–Kier alpha value is -3.49. The minimum Gasteiger partial charge on any atom is -0.481 e. The van der Waals surface area contributed by atoms with Crippen LogP contribution in [0.5, 0.6) is 0 Å². The van der Waals surface area contributed by atoms with Crippen molar-refractivity contribution >= 4 is 17.6 Å². The fourth-order valence-corrected chi connectivity index (χ4v) is 5.52. The third kappa shape index (κ3) is 7.63. The van der Waals surface area contributed by atoms with Crippen LogP contribution in [-0.2, 0) is 17.8 Å². The number of carboxylic acids is 1. The van der Waals surface area contributed by atoms with E-state index in [1.165, 1.54) is 6.42 Å². The molecule has 4 N–H and O–H groups in total. The number of carboxylic acid groups (broad SMARTS) is 1. The van der Waals surface area contributed by atoms with Crippen LogP contribution in [0.4, 0.5) is 5.69 Å². The number of carbonyl (C=O) groups excluding carboxylic acids is 1. The molecule has 1 amide bonds. The van der Waals surface area contributed by atoms with Gasteiger partial charge >= 0.3 is 5.97 Å². The largest absolute Gasteiger partial charge is 0.481 e. The monoisotopic (exact) mass is 559 g/mol. The van der Waals surface area contributed by atoms with E-state index in [-0.39, 0.29) is 11.8 Å². The highest BCUT2D eigenvalue weighted by molar-refractivity contribution is 6.08. The summed E-state index contributed by atoms with van der Waals surface area (Å²) in [7, 11) is 0. The molecule has 1 saturated heterocycles. The standard InChI is InChI=1S/C21H22N4O.C12H23NO2/c1-13-11-15(7-8-16(13)12-22)21(26)25-10-9-18-20(24-14(2)23-18)17-5-3-4-6-19(17)25;1-12(2,3)6-9-13-7-4-10(5-8-13)11(14)15/h3-8,11H,9-10,12,22H2,1-2H3,(H,23,24);10H,4-9H2,1-3H3,(H,14,15). The molecule has 2 aromatic carbocycles. The number of benzene rings is 2. The molecule has 2 aliphatic heterocycles. The van der Waals surface area contributed by atoms with Gasteiger partial charge in [0, 0.05) is 36.3 Å². The Balaban J connectivity index is 0.000000221. The number of fused-ring (bicyclic) bond motifs is 3. The van der Waals surface area contributed by atoms with E-state index in [1.54, 1.807) is 0 Å². The number of nitrogens with two attached hydrogens (primary N) is 1. The minimum atomic E-state index is -0.620. The molecule has 0 atom stereocenters. The summed E-state index contributed by atoms with van der Waals surface area (Å²) >= 11 is 0. The van der Waals surface area contributed by atoms with Crippen LogP contribution in [0.3, 0.4) is 0 Å². The third-order valence-corrected chi connectivity index (χ3v) is 8.10. The average molecular weight is 560 g/mol. The van der Waals surface area contributed by atoms with Gasteiger partial charge in [-0.15, -0.1) is 0 Å². The molecule has 8 heteroatoms. The molecular formula is C33H45N5O3. The molecule has 0 unspecified atom stereocenters. The first-order valence-corrected chi connectivity index (χ1v) is 14.7. The second kappa shape index (κ2) is 13.0. The zero-order chi connectivity index (χ0) is 29.7. The van der Waals surface area contributed by atoms with E-state index >= 15 is 0 Å². The number of aromatic amines is 1. The molecule has 220 valence electrons. The molecule has 0 spiro atoms. The summed E-state index contributed by atoms with van der Waals surface area (Å²) in [6.45, 7) is 14.8. The maximum absolute atomic E-state index is 13.3. The van der Waals surface area contributed by atoms with E-state index in [2.05, 4.69) is 35.6 Å². The third-order valence-electron chi connectivity index (χ3n) is 8.10. The van der Waals surface area contributed by atoms with Crippen LogP contribution < -0.4 is 10.6 Å². The van der Waals surface area contributed by atoms with E-state index in [0.29, 0.717) is 24.1 Å². The molecule has 0 aliphatic carbocycles. The summed E-state index contributed by atoms with van der Waals surface area (Å²) in [5.41, 5.74) is 12.8. The number of nitrogens with one attached hydrogen (secondary N) is 1. The Labute approximate surface area is 244 Å². The molecule has 0 radical (unpaired) electrons. The average Bonchev–Trinajstić information content (AvgIpc) is 3.25. The van der Waals surface area contributed by atoms with Crippen molar-refractivity contribution in [1.29, 1.82) is 0 Å². The lowest BCUT2D eigenvalue weighted by Gasteiger charge is -2.32. The number of likely N-dealkylation sites (tertiary alicyclic amines) is 1. The van der Waals surface area contributed by atoms with E-state index in [0.717, 1.165) is 78.5 Å². The second-order valence-corrected chi connectivity index (χ2v) is 12.5. The van der Waals surface area contributed by atoms with E-state index in [9.17, 15) is 9.59 Å². The Kier molecular flexibility index (Phi) is 9.66. The van der Waals surface area contributed by atoms with Gasteiger partial charge in [-0.05, 0) is 87.5 Å². The lowest BCUT2D eigenvalue weighted by molar-refractivity contribution is -0.143. The molecule has 1 aromatic heterocycles. The van der Waals surface area contributed by atoms with Crippen molar-refractivity contribution in [2.45, 2.75) is 66.8 Å². The van der Waals surface area contributed by atoms with E-state index < -0.39 is 5.97 Å². The second-order valence-electron chi connectivity index (χ2n) is 12.5. The maximum Gasteiger partial charge on any atom is 0.306 e. The first-order chi connectivity index (χ1) is 19.5. The van der Waals surface area contributed by atoms with Gasteiger partial charge in [-0.2, -0.15) is 0 Å². The number of rotatable bonds is 5. The zero-order valence-corrected chi connectivity index (χ0v) is 25.2. The quantitative estimate of drug-likeness (QED) is 0.376. The van der Waals surface area contributed by atoms with Gasteiger partial charge < -0.3 is 25.6 Å². The molecule has 3 aromatic rings. The highest BCUT2D eigenvalue weighted by Crippen LogP contribution is 2.36. The number of H-pyrrole nitrogens is 1. The topological polar surface area (TPSA) is 116 Å². The summed E-state index contributed by atoms with van der Waals surface area (Å²) in [5, 5.41) is 8.87. The number of imidazole rings is 1. The van der Waals surface area contributed by atoms with Gasteiger partial charge in [0.2, 0.25) is 0 Å². The zero-order valence-electron chi connectivity index (χ0n) is 25.2. The molecular weight excluding hydrogens is 514 g/mol. The Bertz CT molecular complexity index is 1370. The number of aryl methyl sites for hydroxylation is 2. The van der Waals surface area contributed by atoms with Gasteiger partial charge in [0.05, 0.1) is 17.3 Å². The normalized spacial score (nSPS) is 15.8. The highest BCUT2D eigenvalue weighted by atomic mass is 16.4. The number of aliphatic carboxylic acids is 1. The summed E-state index contributed by atoms with van der Waals surface area (Å²) < 4.78 is 0. The summed E-state index contributed by atoms with van der Waals surface area (Å²) in [6.07, 6.45) is 3.57. The number of piperidine rings is 1. The first kappa shape index (κ1) is 30.5. The van der Waals surface area contributed by atoms with Crippen LogP contribution in [0.15, 0.2) is 42.5 Å². The number of aromatic nitrogens is 2. The molecule has 3 heterocycles. The number of amides is 1. The van der Waals surface area contributed by atoms with Crippen LogP contribution in [0.2, 0.25) is 0 Å². The fourth-order valence-electron chi connectivity index (χ4n) is 5.52. The summed E-state index contributed by atoms with van der Waals surface area (Å²) in [4.78, 5) is 36.3. The summed E-state index contributed by atoms with van der Waals surface area (Å²) in [5.74, 6) is 0.185. The number of anilines is 1. The van der Waals surface area contributed by atoms with Crippen molar-refractivity contribution in [3.8, 4) is 11.3 Å². The predicted molar refractivity (Wildman–Crippen MR) is 164 cm³/mol. The number of hydrogen-bond donors (Lipinski definition) is 3. The SMILES string of the molecule is CC(C)(C)CCN1CCC(C(=O)O)CC1.Cc1nc2c([nH]1)CCN(C(=O)c1ccc(CN)c(C)c1)c1ccccc1-2. The Morgan fingerprint density at radius 3 is 2.41 bits per heavy atom. The molecule has 1 fully saturated rings. The minimum absolute atomic E-state index is 0.00555. The van der Waals surface area contributed by atoms with Gasteiger partial charge in [0.25, 0.3) is 5.91 Å². The number of hydrogen-bond acceptors (Lipinski definition) is 5. The van der Waals surface area contributed by atoms with E-state index in [4.69, 9.17) is 10.8 Å². The van der Waals surface area contributed by atoms with Gasteiger partial charge in [-0.3, -0.25) is 9.59 Å². The van der Waals surface area contributed by atoms with Crippen LogP contribution in [0.1, 0.15) is 73.0 Å². The van der Waals surface area contributed by atoms with Crippen LogP contribution in [0, 0.1) is 25.2 Å². The molecule has 41 heavy (non-hydrogen) atoms. The lowest BCUT2D eigenvalue weighted by atomic mass is 9.91. The Morgan fingerprint density at radius 1 is 1.07 bits per heavy atom. The Morgan fingerprint density at radius 2 is 1.78 bits per heavy atom. The van der Waals surface area contributed by atoms with Crippen molar-refractivity contribution in [2.24, 2.45) is 17.1 Å². The van der Waals surface area contributed by atoms with Crippen molar-refractivity contribution in [3.05, 3.63) is 70.7 Å². The van der Waals surface area contributed by atoms with Gasteiger partial charge in [0.1, 0.15) is 5.82 Å². The van der Waals surface area contributed by atoms with E-state index in [1.807, 2.05) is 61.2 Å². The molecule has 0 saturated carbocycles. The van der Waals surface area contributed by atoms with Gasteiger partial charge in [-0.25, -0.2) is 4.98 Å². The summed E-state index contributed by atoms with van der Waals surface area (Å²) in [6, 6.07) is 13.7. The highest BCUT2D eigenvalue weighted by Gasteiger charge is 2.27. The first-order valence-electron chi connectivity index (χ1n) is 14.7. The molecule has 5 rings (SSSR count). The number of carbonyl (C=O) groups is 2. The van der Waals surface area contributed by atoms with Gasteiger partial charge in [-0.1, -0.05) is 45.0 Å². The number of nitrogens with zero attached hydrogens (tertiary/aromatic N) is 3. The molecule has 0 bridgehead atoms. The lowest BCUT2D eigenvalue weighted by Crippen LogP contribution is -2.37. The maximum atomic E-state index is 13.3. The van der Waals surface area contributed by atoms with Crippen molar-refractivity contribution in [2.75, 3.05) is 31.1 Å². The van der Waals surface area contributed by atoms with Gasteiger partial charge in [0.15, 0.2) is 0 Å². The van der Waals surface area contributed by atoms with Crippen molar-refractivity contribution < 1.29 is 14.7 Å². The van der Waals surface area contributed by atoms with Crippen molar-refractivity contribution in [3.63, 3.8) is 0 Å². The number of para-hydroxylation sites is 1. The van der Waals surface area contributed by atoms with Crippen LogP contribution in [-0.4, -0.2) is 58.0 Å². The smallest absolute Gasteiger partial charge is 0.306 e.